The standard InChI is InChI=1S/C15H32N2/c1-12(2)10-16-9-8-14(5)17(11-13(3)4)15-6-7-15/h12-16H,6-11H2,1-5H3. The van der Waals surface area contributed by atoms with Gasteiger partial charge in [0.1, 0.15) is 0 Å². The molecule has 1 rings (SSSR count). The highest BCUT2D eigenvalue weighted by Crippen LogP contribution is 2.29. The van der Waals surface area contributed by atoms with Crippen LogP contribution in [0.1, 0.15) is 53.9 Å². The van der Waals surface area contributed by atoms with Gasteiger partial charge in [-0.3, -0.25) is 4.90 Å². The van der Waals surface area contributed by atoms with E-state index >= 15 is 0 Å². The van der Waals surface area contributed by atoms with E-state index in [0.29, 0.717) is 0 Å². The number of hydrogen-bond donors (Lipinski definition) is 1. The lowest BCUT2D eigenvalue weighted by atomic mass is 10.1. The van der Waals surface area contributed by atoms with Crippen LogP contribution in [0.15, 0.2) is 0 Å². The van der Waals surface area contributed by atoms with Gasteiger partial charge in [0, 0.05) is 18.6 Å². The van der Waals surface area contributed by atoms with E-state index in [1.54, 1.807) is 0 Å². The first kappa shape index (κ1) is 15.0. The lowest BCUT2D eigenvalue weighted by Gasteiger charge is -2.31. The van der Waals surface area contributed by atoms with Crippen molar-refractivity contribution in [3.05, 3.63) is 0 Å². The van der Waals surface area contributed by atoms with E-state index in [0.717, 1.165) is 30.5 Å². The van der Waals surface area contributed by atoms with Gasteiger partial charge in [-0.25, -0.2) is 0 Å². The van der Waals surface area contributed by atoms with Crippen molar-refractivity contribution in [1.29, 1.82) is 0 Å². The van der Waals surface area contributed by atoms with Crippen LogP contribution >= 0.6 is 0 Å². The molecule has 0 heterocycles. The minimum absolute atomic E-state index is 0.740. The summed E-state index contributed by atoms with van der Waals surface area (Å²) in [5.41, 5.74) is 0. The fourth-order valence-corrected chi connectivity index (χ4v) is 2.38. The predicted octanol–water partition coefficient (Wildman–Crippen LogP) is 3.13. The van der Waals surface area contributed by atoms with Gasteiger partial charge in [0.15, 0.2) is 0 Å². The molecule has 2 heteroatoms. The van der Waals surface area contributed by atoms with Gasteiger partial charge in [-0.15, -0.1) is 0 Å². The number of hydrogen-bond acceptors (Lipinski definition) is 2. The highest BCUT2D eigenvalue weighted by molar-refractivity contribution is 4.88. The molecule has 0 radical (unpaired) electrons. The molecule has 1 N–H and O–H groups in total. The third-order valence-corrected chi connectivity index (χ3v) is 3.45. The molecular formula is C15H32N2. The summed E-state index contributed by atoms with van der Waals surface area (Å²) in [5.74, 6) is 1.56. The molecule has 2 nitrogen and oxygen atoms in total. The first-order valence-corrected chi connectivity index (χ1v) is 7.47. The minimum Gasteiger partial charge on any atom is -0.316 e. The number of nitrogens with one attached hydrogen (secondary N) is 1. The average molecular weight is 240 g/mol. The van der Waals surface area contributed by atoms with Gasteiger partial charge in [-0.1, -0.05) is 27.7 Å². The molecule has 0 aliphatic heterocycles. The normalized spacial score (nSPS) is 18.4. The van der Waals surface area contributed by atoms with Crippen LogP contribution in [0.3, 0.4) is 0 Å². The van der Waals surface area contributed by atoms with E-state index < -0.39 is 0 Å². The van der Waals surface area contributed by atoms with Crippen LogP contribution in [0.25, 0.3) is 0 Å². The summed E-state index contributed by atoms with van der Waals surface area (Å²) in [6, 6.07) is 1.64. The minimum atomic E-state index is 0.740. The Hall–Kier alpha value is -0.0800. The van der Waals surface area contributed by atoms with E-state index in [-0.39, 0.29) is 0 Å². The summed E-state index contributed by atoms with van der Waals surface area (Å²) >= 11 is 0. The topological polar surface area (TPSA) is 15.3 Å². The van der Waals surface area contributed by atoms with E-state index in [1.165, 1.54) is 32.4 Å². The molecule has 1 atom stereocenters. The van der Waals surface area contributed by atoms with Gasteiger partial charge >= 0.3 is 0 Å². The molecule has 1 fully saturated rings. The fraction of sp³-hybridized carbons (Fsp3) is 1.00. The lowest BCUT2D eigenvalue weighted by Crippen LogP contribution is -2.39. The zero-order valence-electron chi connectivity index (χ0n) is 12.5. The number of rotatable bonds is 9. The maximum atomic E-state index is 3.56. The van der Waals surface area contributed by atoms with Gasteiger partial charge in [0.05, 0.1) is 0 Å². The zero-order chi connectivity index (χ0) is 12.8. The van der Waals surface area contributed by atoms with E-state index in [4.69, 9.17) is 0 Å². The smallest absolute Gasteiger partial charge is 0.00993 e. The first-order chi connectivity index (χ1) is 8.00. The Morgan fingerprint density at radius 2 is 1.71 bits per heavy atom. The Balaban J connectivity index is 2.20. The molecule has 17 heavy (non-hydrogen) atoms. The molecular weight excluding hydrogens is 208 g/mol. The highest BCUT2D eigenvalue weighted by atomic mass is 15.2. The Morgan fingerprint density at radius 1 is 1.06 bits per heavy atom. The molecule has 0 aromatic heterocycles. The Labute approximate surface area is 108 Å². The fourth-order valence-electron chi connectivity index (χ4n) is 2.38. The van der Waals surface area contributed by atoms with Crippen LogP contribution in [0.5, 0.6) is 0 Å². The van der Waals surface area contributed by atoms with Crippen molar-refractivity contribution >= 4 is 0 Å². The average Bonchev–Trinajstić information content (AvgIpc) is 3.03. The summed E-state index contributed by atoms with van der Waals surface area (Å²) < 4.78 is 0. The summed E-state index contributed by atoms with van der Waals surface area (Å²) in [6.45, 7) is 15.2. The summed E-state index contributed by atoms with van der Waals surface area (Å²) in [5, 5.41) is 3.56. The first-order valence-electron chi connectivity index (χ1n) is 7.47. The molecule has 102 valence electrons. The molecule has 0 spiro atoms. The third kappa shape index (κ3) is 6.42. The van der Waals surface area contributed by atoms with Crippen molar-refractivity contribution in [2.24, 2.45) is 11.8 Å². The van der Waals surface area contributed by atoms with Crippen LogP contribution in [-0.2, 0) is 0 Å². The molecule has 1 aliphatic rings. The second kappa shape index (κ2) is 7.38. The maximum absolute atomic E-state index is 3.56. The van der Waals surface area contributed by atoms with Gasteiger partial charge < -0.3 is 5.32 Å². The van der Waals surface area contributed by atoms with E-state index in [2.05, 4.69) is 44.8 Å². The predicted molar refractivity (Wildman–Crippen MR) is 76.4 cm³/mol. The Kier molecular flexibility index (Phi) is 6.50. The van der Waals surface area contributed by atoms with E-state index in [9.17, 15) is 0 Å². The number of nitrogens with zero attached hydrogens (tertiary/aromatic N) is 1. The van der Waals surface area contributed by atoms with Crippen molar-refractivity contribution in [1.82, 2.24) is 10.2 Å². The second-order valence-corrected chi connectivity index (χ2v) is 6.56. The van der Waals surface area contributed by atoms with Crippen molar-refractivity contribution in [2.75, 3.05) is 19.6 Å². The summed E-state index contributed by atoms with van der Waals surface area (Å²) in [4.78, 5) is 2.74. The van der Waals surface area contributed by atoms with Crippen molar-refractivity contribution < 1.29 is 0 Å². The summed E-state index contributed by atoms with van der Waals surface area (Å²) in [7, 11) is 0. The van der Waals surface area contributed by atoms with Crippen molar-refractivity contribution in [3.63, 3.8) is 0 Å². The van der Waals surface area contributed by atoms with Gasteiger partial charge in [0.2, 0.25) is 0 Å². The largest absolute Gasteiger partial charge is 0.316 e. The molecule has 0 saturated heterocycles. The van der Waals surface area contributed by atoms with Crippen LogP contribution in [-0.4, -0.2) is 36.6 Å². The van der Waals surface area contributed by atoms with Crippen LogP contribution in [0.4, 0.5) is 0 Å². The Bertz CT molecular complexity index is 197. The zero-order valence-corrected chi connectivity index (χ0v) is 12.5. The summed E-state index contributed by atoms with van der Waals surface area (Å²) in [6.07, 6.45) is 4.14. The SMILES string of the molecule is CC(C)CNCCC(C)N(CC(C)C)C1CC1. The molecule has 0 aromatic carbocycles. The molecule has 0 bridgehead atoms. The molecule has 1 saturated carbocycles. The lowest BCUT2D eigenvalue weighted by molar-refractivity contribution is 0.168. The van der Waals surface area contributed by atoms with Crippen molar-refractivity contribution in [3.8, 4) is 0 Å². The quantitative estimate of drug-likeness (QED) is 0.623. The molecule has 0 amide bonds. The van der Waals surface area contributed by atoms with E-state index in [1.807, 2.05) is 0 Å². The van der Waals surface area contributed by atoms with Gasteiger partial charge in [-0.2, -0.15) is 0 Å². The third-order valence-electron chi connectivity index (χ3n) is 3.45. The molecule has 0 aromatic rings. The monoisotopic (exact) mass is 240 g/mol. The van der Waals surface area contributed by atoms with Gasteiger partial charge in [-0.05, 0) is 51.1 Å². The van der Waals surface area contributed by atoms with Gasteiger partial charge in [0.25, 0.3) is 0 Å². The van der Waals surface area contributed by atoms with Crippen LogP contribution < -0.4 is 5.32 Å². The highest BCUT2D eigenvalue weighted by Gasteiger charge is 2.31. The van der Waals surface area contributed by atoms with Crippen LogP contribution in [0.2, 0.25) is 0 Å². The Morgan fingerprint density at radius 3 is 2.18 bits per heavy atom. The maximum Gasteiger partial charge on any atom is 0.00993 e. The molecule has 1 aliphatic carbocycles. The molecule has 1 unspecified atom stereocenters. The van der Waals surface area contributed by atoms with Crippen molar-refractivity contribution in [2.45, 2.75) is 66.0 Å². The second-order valence-electron chi connectivity index (χ2n) is 6.56. The van der Waals surface area contributed by atoms with Crippen LogP contribution in [0, 0.1) is 11.8 Å².